The number of amides is 1. The highest BCUT2D eigenvalue weighted by Crippen LogP contribution is 2.33. The molecule has 0 aromatic heterocycles. The number of benzene rings is 1. The normalized spacial score (nSPS) is 14.2. The monoisotopic (exact) mass is 261 g/mol. The highest BCUT2D eigenvalue weighted by molar-refractivity contribution is 6.52. The molecule has 0 fully saturated rings. The lowest BCUT2D eigenvalue weighted by molar-refractivity contribution is -0.114. The molecule has 0 bridgehead atoms. The maximum atomic E-state index is 12.0. The first kappa shape index (κ1) is 13.7. The zero-order valence-corrected chi connectivity index (χ0v) is 11.7. The van der Waals surface area contributed by atoms with Crippen molar-refractivity contribution < 1.29 is 14.3 Å². The Balaban J connectivity index is 2.23. The number of carbonyl (C=O) groups is 2. The van der Waals surface area contributed by atoms with Crippen molar-refractivity contribution in [3.8, 4) is 0 Å². The van der Waals surface area contributed by atoms with Gasteiger partial charge in [-0.25, -0.2) is 0 Å². The van der Waals surface area contributed by atoms with Gasteiger partial charge in [0.25, 0.3) is 11.7 Å². The minimum Gasteiger partial charge on any atom is -0.380 e. The topological polar surface area (TPSA) is 46.6 Å². The molecule has 1 aliphatic rings. The standard InChI is InChI=1S/C15H19NO3/c1-4-6-19-7-5-16-13-11(3)8-10(2)9-12(13)14(17)15(16)18/h8-9H,4-7H2,1-3H3. The summed E-state index contributed by atoms with van der Waals surface area (Å²) < 4.78 is 5.40. The second-order valence-electron chi connectivity index (χ2n) is 4.88. The van der Waals surface area contributed by atoms with Gasteiger partial charge in [-0.05, 0) is 37.5 Å². The summed E-state index contributed by atoms with van der Waals surface area (Å²) >= 11 is 0. The Labute approximate surface area is 113 Å². The second-order valence-corrected chi connectivity index (χ2v) is 4.88. The predicted molar refractivity (Wildman–Crippen MR) is 73.7 cm³/mol. The number of ether oxygens (including phenoxy) is 1. The first-order chi connectivity index (χ1) is 9.06. The van der Waals surface area contributed by atoms with Crippen molar-refractivity contribution in [2.75, 3.05) is 24.7 Å². The van der Waals surface area contributed by atoms with Crippen molar-refractivity contribution in [2.45, 2.75) is 27.2 Å². The summed E-state index contributed by atoms with van der Waals surface area (Å²) in [7, 11) is 0. The van der Waals surface area contributed by atoms with E-state index in [1.54, 1.807) is 11.0 Å². The summed E-state index contributed by atoms with van der Waals surface area (Å²) in [6.45, 7) is 7.46. The molecule has 0 saturated heterocycles. The van der Waals surface area contributed by atoms with Crippen LogP contribution in [0.25, 0.3) is 0 Å². The molecular weight excluding hydrogens is 242 g/mol. The van der Waals surface area contributed by atoms with Gasteiger partial charge in [0.05, 0.1) is 17.9 Å². The van der Waals surface area contributed by atoms with Crippen molar-refractivity contribution in [3.05, 3.63) is 28.8 Å². The summed E-state index contributed by atoms with van der Waals surface area (Å²) in [5.74, 6) is -0.846. The van der Waals surface area contributed by atoms with Crippen LogP contribution in [0.3, 0.4) is 0 Å². The molecule has 1 amide bonds. The number of aryl methyl sites for hydroxylation is 2. The molecule has 1 aromatic rings. The molecule has 0 unspecified atom stereocenters. The van der Waals surface area contributed by atoms with E-state index in [4.69, 9.17) is 4.74 Å². The Morgan fingerprint density at radius 2 is 1.89 bits per heavy atom. The molecule has 0 saturated carbocycles. The van der Waals surface area contributed by atoms with E-state index in [0.29, 0.717) is 25.3 Å². The third-order valence-corrected chi connectivity index (χ3v) is 3.21. The molecule has 0 atom stereocenters. The minimum atomic E-state index is -0.441. The van der Waals surface area contributed by atoms with Crippen LogP contribution in [0.1, 0.15) is 34.8 Å². The Morgan fingerprint density at radius 3 is 2.58 bits per heavy atom. The molecule has 4 heteroatoms. The van der Waals surface area contributed by atoms with Gasteiger partial charge in [-0.2, -0.15) is 0 Å². The molecule has 1 aliphatic heterocycles. The summed E-state index contributed by atoms with van der Waals surface area (Å²) in [5, 5.41) is 0. The molecule has 102 valence electrons. The highest BCUT2D eigenvalue weighted by atomic mass is 16.5. The third kappa shape index (κ3) is 2.54. The van der Waals surface area contributed by atoms with Gasteiger partial charge in [-0.3, -0.25) is 9.59 Å². The summed E-state index contributed by atoms with van der Waals surface area (Å²) in [5.41, 5.74) is 3.24. The number of fused-ring (bicyclic) bond motifs is 1. The van der Waals surface area contributed by atoms with Crippen LogP contribution in [0.15, 0.2) is 12.1 Å². The van der Waals surface area contributed by atoms with Gasteiger partial charge in [-0.1, -0.05) is 13.0 Å². The van der Waals surface area contributed by atoms with Crippen LogP contribution in [-0.4, -0.2) is 31.4 Å². The van der Waals surface area contributed by atoms with Gasteiger partial charge in [-0.15, -0.1) is 0 Å². The number of ketones is 1. The molecule has 19 heavy (non-hydrogen) atoms. The fourth-order valence-electron chi connectivity index (χ4n) is 2.45. The Morgan fingerprint density at radius 1 is 1.16 bits per heavy atom. The summed E-state index contributed by atoms with van der Waals surface area (Å²) in [6, 6.07) is 3.78. The molecule has 1 aromatic carbocycles. The van der Waals surface area contributed by atoms with Gasteiger partial charge >= 0.3 is 0 Å². The Hall–Kier alpha value is -1.68. The van der Waals surface area contributed by atoms with E-state index >= 15 is 0 Å². The lowest BCUT2D eigenvalue weighted by Crippen LogP contribution is -2.33. The van der Waals surface area contributed by atoms with Crippen LogP contribution in [0.2, 0.25) is 0 Å². The Kier molecular flexibility index (Phi) is 4.00. The Bertz CT molecular complexity index is 522. The third-order valence-electron chi connectivity index (χ3n) is 3.21. The molecule has 0 N–H and O–H groups in total. The van der Waals surface area contributed by atoms with Gasteiger partial charge in [0.2, 0.25) is 0 Å². The largest absolute Gasteiger partial charge is 0.380 e. The number of hydrogen-bond acceptors (Lipinski definition) is 3. The van der Waals surface area contributed by atoms with Crippen LogP contribution in [0.5, 0.6) is 0 Å². The lowest BCUT2D eigenvalue weighted by Gasteiger charge is -2.18. The molecule has 2 rings (SSSR count). The smallest absolute Gasteiger partial charge is 0.299 e. The van der Waals surface area contributed by atoms with E-state index in [-0.39, 0.29) is 0 Å². The number of anilines is 1. The van der Waals surface area contributed by atoms with Gasteiger partial charge in [0.15, 0.2) is 0 Å². The molecule has 4 nitrogen and oxygen atoms in total. The lowest BCUT2D eigenvalue weighted by atomic mass is 10.0. The van der Waals surface area contributed by atoms with Crippen molar-refractivity contribution in [1.29, 1.82) is 0 Å². The fraction of sp³-hybridized carbons (Fsp3) is 0.467. The number of nitrogens with zero attached hydrogens (tertiary/aromatic N) is 1. The van der Waals surface area contributed by atoms with Crippen LogP contribution >= 0.6 is 0 Å². The number of hydrogen-bond donors (Lipinski definition) is 0. The fourth-order valence-corrected chi connectivity index (χ4v) is 2.45. The van der Waals surface area contributed by atoms with Crippen LogP contribution in [0.4, 0.5) is 5.69 Å². The van der Waals surface area contributed by atoms with E-state index in [1.807, 2.05) is 26.8 Å². The second kappa shape index (κ2) is 5.53. The minimum absolute atomic E-state index is 0.405. The highest BCUT2D eigenvalue weighted by Gasteiger charge is 2.36. The SMILES string of the molecule is CCCOCCN1C(=O)C(=O)c2cc(C)cc(C)c21. The van der Waals surface area contributed by atoms with Crippen LogP contribution in [-0.2, 0) is 9.53 Å². The first-order valence-electron chi connectivity index (χ1n) is 6.61. The zero-order chi connectivity index (χ0) is 14.0. The van der Waals surface area contributed by atoms with Crippen molar-refractivity contribution in [1.82, 2.24) is 0 Å². The van der Waals surface area contributed by atoms with Crippen molar-refractivity contribution >= 4 is 17.4 Å². The van der Waals surface area contributed by atoms with Gasteiger partial charge in [0.1, 0.15) is 0 Å². The quantitative estimate of drug-likeness (QED) is 0.603. The van der Waals surface area contributed by atoms with Gasteiger partial charge < -0.3 is 9.64 Å². The number of carbonyl (C=O) groups excluding carboxylic acids is 2. The van der Waals surface area contributed by atoms with Gasteiger partial charge in [0, 0.05) is 13.2 Å². The first-order valence-corrected chi connectivity index (χ1v) is 6.61. The zero-order valence-electron chi connectivity index (χ0n) is 11.7. The summed E-state index contributed by atoms with van der Waals surface area (Å²) in [6.07, 6.45) is 0.946. The molecule has 0 radical (unpaired) electrons. The van der Waals surface area contributed by atoms with E-state index in [1.165, 1.54) is 0 Å². The predicted octanol–water partition coefficient (Wildman–Crippen LogP) is 2.26. The molecular formula is C15H19NO3. The summed E-state index contributed by atoms with van der Waals surface area (Å²) in [4.78, 5) is 25.5. The number of rotatable bonds is 5. The van der Waals surface area contributed by atoms with Crippen LogP contribution in [0, 0.1) is 13.8 Å². The van der Waals surface area contributed by atoms with Crippen LogP contribution < -0.4 is 4.90 Å². The average Bonchev–Trinajstić information content (AvgIpc) is 2.60. The van der Waals surface area contributed by atoms with E-state index < -0.39 is 11.7 Å². The van der Waals surface area contributed by atoms with Crippen molar-refractivity contribution in [3.63, 3.8) is 0 Å². The average molecular weight is 261 g/mol. The van der Waals surface area contributed by atoms with E-state index in [9.17, 15) is 9.59 Å². The maximum absolute atomic E-state index is 12.0. The van der Waals surface area contributed by atoms with Crippen molar-refractivity contribution in [2.24, 2.45) is 0 Å². The molecule has 1 heterocycles. The molecule has 0 spiro atoms. The number of Topliss-reactive ketones (excluding diaryl/α,β-unsaturated/α-hetero) is 1. The van der Waals surface area contributed by atoms with E-state index in [2.05, 4.69) is 0 Å². The van der Waals surface area contributed by atoms with E-state index in [0.717, 1.165) is 23.2 Å². The maximum Gasteiger partial charge on any atom is 0.299 e. The molecule has 0 aliphatic carbocycles.